The standard InChI is InChI=1S/C18H27FN2O2/c1-14(9-10-15-7-5-8-16(19)13-15)20-11-6-12-21(20)17(22)23-18(2,3)4/h5,7-8,13-14H,6,9-12H2,1-4H3/t14-/m1/s1. The fourth-order valence-corrected chi connectivity index (χ4v) is 2.82. The highest BCUT2D eigenvalue weighted by molar-refractivity contribution is 5.67. The molecule has 2 rings (SSSR count). The average molecular weight is 322 g/mol. The summed E-state index contributed by atoms with van der Waals surface area (Å²) in [6, 6.07) is 6.90. The minimum atomic E-state index is -0.490. The fourth-order valence-electron chi connectivity index (χ4n) is 2.82. The molecule has 1 aromatic carbocycles. The zero-order chi connectivity index (χ0) is 17.0. The number of hydrogen-bond acceptors (Lipinski definition) is 3. The van der Waals surface area contributed by atoms with Gasteiger partial charge >= 0.3 is 6.09 Å². The number of hydrazine groups is 1. The van der Waals surface area contributed by atoms with Crippen LogP contribution in [0.3, 0.4) is 0 Å². The minimum Gasteiger partial charge on any atom is -0.443 e. The Morgan fingerprint density at radius 1 is 1.35 bits per heavy atom. The lowest BCUT2D eigenvalue weighted by molar-refractivity contribution is -0.0422. The van der Waals surface area contributed by atoms with Crippen LogP contribution in [-0.2, 0) is 11.2 Å². The molecule has 0 aliphatic carbocycles. The molecule has 0 unspecified atom stereocenters. The highest BCUT2D eigenvalue weighted by Gasteiger charge is 2.33. The molecule has 1 fully saturated rings. The van der Waals surface area contributed by atoms with E-state index in [0.29, 0.717) is 6.54 Å². The summed E-state index contributed by atoms with van der Waals surface area (Å²) in [5.74, 6) is -0.202. The van der Waals surface area contributed by atoms with Crippen molar-refractivity contribution in [3.05, 3.63) is 35.6 Å². The number of carbonyl (C=O) groups excluding carboxylic acids is 1. The van der Waals surface area contributed by atoms with Gasteiger partial charge in [0.2, 0.25) is 0 Å². The van der Waals surface area contributed by atoms with Crippen molar-refractivity contribution in [3.8, 4) is 0 Å². The molecule has 0 aromatic heterocycles. The van der Waals surface area contributed by atoms with E-state index in [0.717, 1.165) is 31.4 Å². The van der Waals surface area contributed by atoms with Gasteiger partial charge in [0.15, 0.2) is 0 Å². The van der Waals surface area contributed by atoms with Crippen LogP contribution in [0.15, 0.2) is 24.3 Å². The van der Waals surface area contributed by atoms with Crippen LogP contribution >= 0.6 is 0 Å². The Kier molecular flexibility index (Phi) is 5.63. The lowest BCUT2D eigenvalue weighted by Crippen LogP contribution is -2.48. The van der Waals surface area contributed by atoms with Crippen molar-refractivity contribution in [2.24, 2.45) is 0 Å². The third-order valence-electron chi connectivity index (χ3n) is 3.92. The van der Waals surface area contributed by atoms with Crippen molar-refractivity contribution >= 4 is 6.09 Å². The van der Waals surface area contributed by atoms with Gasteiger partial charge in [-0.3, -0.25) is 0 Å². The van der Waals surface area contributed by atoms with Crippen LogP contribution in [0.25, 0.3) is 0 Å². The van der Waals surface area contributed by atoms with E-state index in [-0.39, 0.29) is 18.0 Å². The number of ether oxygens (including phenoxy) is 1. The number of benzene rings is 1. The third kappa shape index (κ3) is 5.20. The molecular formula is C18H27FN2O2. The van der Waals surface area contributed by atoms with Crippen LogP contribution in [0.4, 0.5) is 9.18 Å². The van der Waals surface area contributed by atoms with Gasteiger partial charge in [-0.15, -0.1) is 0 Å². The van der Waals surface area contributed by atoms with Crippen LogP contribution in [0, 0.1) is 5.82 Å². The quantitative estimate of drug-likeness (QED) is 0.840. The van der Waals surface area contributed by atoms with Gasteiger partial charge in [-0.25, -0.2) is 19.2 Å². The zero-order valence-electron chi connectivity index (χ0n) is 14.5. The molecule has 0 saturated carbocycles. The van der Waals surface area contributed by atoms with Gasteiger partial charge in [-0.2, -0.15) is 0 Å². The summed E-state index contributed by atoms with van der Waals surface area (Å²) in [5.41, 5.74) is 0.496. The monoisotopic (exact) mass is 322 g/mol. The molecule has 5 heteroatoms. The van der Waals surface area contributed by atoms with Gasteiger partial charge in [0.05, 0.1) is 0 Å². The summed E-state index contributed by atoms with van der Waals surface area (Å²) in [6.45, 7) is 9.26. The highest BCUT2D eigenvalue weighted by Crippen LogP contribution is 2.21. The Morgan fingerprint density at radius 3 is 2.74 bits per heavy atom. The SMILES string of the molecule is C[C@H](CCc1cccc(F)c1)N1CCCN1C(=O)OC(C)(C)C. The molecule has 1 saturated heterocycles. The first-order valence-electron chi connectivity index (χ1n) is 8.28. The first kappa shape index (κ1) is 17.7. The topological polar surface area (TPSA) is 32.8 Å². The Bertz CT molecular complexity index is 542. The van der Waals surface area contributed by atoms with Crippen molar-refractivity contribution in [2.45, 2.75) is 58.6 Å². The summed E-state index contributed by atoms with van der Waals surface area (Å²) in [5, 5.41) is 3.79. The van der Waals surface area contributed by atoms with Crippen LogP contribution in [0.1, 0.15) is 46.1 Å². The fraction of sp³-hybridized carbons (Fsp3) is 0.611. The molecule has 23 heavy (non-hydrogen) atoms. The number of halogens is 1. The van der Waals surface area contributed by atoms with E-state index in [1.807, 2.05) is 26.8 Å². The highest BCUT2D eigenvalue weighted by atomic mass is 19.1. The molecule has 0 spiro atoms. The molecule has 0 radical (unpaired) electrons. The van der Waals surface area contributed by atoms with E-state index in [2.05, 4.69) is 11.9 Å². The molecule has 128 valence electrons. The molecule has 1 amide bonds. The number of rotatable bonds is 4. The van der Waals surface area contributed by atoms with Crippen molar-refractivity contribution in [1.29, 1.82) is 0 Å². The van der Waals surface area contributed by atoms with Crippen molar-refractivity contribution in [1.82, 2.24) is 10.0 Å². The van der Waals surface area contributed by atoms with Crippen LogP contribution < -0.4 is 0 Å². The lowest BCUT2D eigenvalue weighted by atomic mass is 10.1. The average Bonchev–Trinajstić information content (AvgIpc) is 2.92. The molecule has 0 N–H and O–H groups in total. The van der Waals surface area contributed by atoms with Crippen LogP contribution in [0.2, 0.25) is 0 Å². The Labute approximate surface area is 138 Å². The van der Waals surface area contributed by atoms with Gasteiger partial charge < -0.3 is 4.74 Å². The third-order valence-corrected chi connectivity index (χ3v) is 3.92. The van der Waals surface area contributed by atoms with E-state index in [9.17, 15) is 9.18 Å². The second-order valence-electron chi connectivity index (χ2n) is 7.14. The molecule has 1 heterocycles. The smallest absolute Gasteiger partial charge is 0.424 e. The Morgan fingerprint density at radius 2 is 2.09 bits per heavy atom. The number of amides is 1. The molecule has 4 nitrogen and oxygen atoms in total. The van der Waals surface area contributed by atoms with Gasteiger partial charge in [0.25, 0.3) is 0 Å². The Hall–Kier alpha value is -1.62. The second kappa shape index (κ2) is 7.30. The van der Waals surface area contributed by atoms with Crippen LogP contribution in [0.5, 0.6) is 0 Å². The second-order valence-corrected chi connectivity index (χ2v) is 7.14. The number of nitrogens with zero attached hydrogens (tertiary/aromatic N) is 2. The Balaban J connectivity index is 1.92. The maximum absolute atomic E-state index is 13.2. The predicted octanol–water partition coefficient (Wildman–Crippen LogP) is 4.00. The van der Waals surface area contributed by atoms with Gasteiger partial charge in [-0.05, 0) is 64.7 Å². The molecule has 1 aromatic rings. The van der Waals surface area contributed by atoms with E-state index >= 15 is 0 Å². The van der Waals surface area contributed by atoms with Crippen molar-refractivity contribution < 1.29 is 13.9 Å². The van der Waals surface area contributed by atoms with Crippen molar-refractivity contribution in [2.75, 3.05) is 13.1 Å². The van der Waals surface area contributed by atoms with Gasteiger partial charge in [0, 0.05) is 19.1 Å². The normalized spacial score (nSPS) is 17.3. The van der Waals surface area contributed by atoms with E-state index in [4.69, 9.17) is 4.74 Å². The lowest BCUT2D eigenvalue weighted by Gasteiger charge is -2.34. The largest absolute Gasteiger partial charge is 0.443 e. The summed E-state index contributed by atoms with van der Waals surface area (Å²) in [4.78, 5) is 12.3. The number of aryl methyl sites for hydroxylation is 1. The first-order valence-corrected chi connectivity index (χ1v) is 8.28. The molecule has 0 bridgehead atoms. The number of carbonyl (C=O) groups is 1. The summed E-state index contributed by atoms with van der Waals surface area (Å²) in [7, 11) is 0. The van der Waals surface area contributed by atoms with Gasteiger partial charge in [0.1, 0.15) is 11.4 Å². The molecule has 1 aliphatic rings. The molecular weight excluding hydrogens is 295 g/mol. The van der Waals surface area contributed by atoms with E-state index < -0.39 is 5.60 Å². The van der Waals surface area contributed by atoms with Crippen molar-refractivity contribution in [3.63, 3.8) is 0 Å². The number of hydrogen-bond donors (Lipinski definition) is 0. The van der Waals surface area contributed by atoms with E-state index in [1.54, 1.807) is 17.1 Å². The zero-order valence-corrected chi connectivity index (χ0v) is 14.5. The summed E-state index contributed by atoms with van der Waals surface area (Å²) in [6.07, 6.45) is 2.32. The maximum atomic E-state index is 13.2. The molecule has 1 aliphatic heterocycles. The predicted molar refractivity (Wildman–Crippen MR) is 88.4 cm³/mol. The first-order chi connectivity index (χ1) is 10.8. The maximum Gasteiger partial charge on any atom is 0.424 e. The van der Waals surface area contributed by atoms with Gasteiger partial charge in [-0.1, -0.05) is 12.1 Å². The van der Waals surface area contributed by atoms with E-state index in [1.165, 1.54) is 6.07 Å². The summed E-state index contributed by atoms with van der Waals surface area (Å²) >= 11 is 0. The molecule has 1 atom stereocenters. The minimum absolute atomic E-state index is 0.202. The summed E-state index contributed by atoms with van der Waals surface area (Å²) < 4.78 is 18.7. The van der Waals surface area contributed by atoms with Crippen LogP contribution in [-0.4, -0.2) is 40.8 Å².